The highest BCUT2D eigenvalue weighted by molar-refractivity contribution is 6.67. The van der Waals surface area contributed by atoms with E-state index in [-0.39, 0.29) is 17.5 Å². The largest absolute Gasteiger partial charge is 0.250 e. The van der Waals surface area contributed by atoms with Crippen LogP contribution in [0.2, 0.25) is 5.02 Å². The number of nitrogens with zero attached hydrogens (tertiary/aromatic N) is 3. The van der Waals surface area contributed by atoms with Crippen molar-refractivity contribution in [1.29, 1.82) is 0 Å². The number of alkyl halides is 6. The zero-order valence-electron chi connectivity index (χ0n) is 9.80. The zero-order chi connectivity index (χ0) is 15.8. The summed E-state index contributed by atoms with van der Waals surface area (Å²) >= 11 is 40.6. The molecule has 0 aliphatic rings. The Bertz CT molecular complexity index is 614. The van der Waals surface area contributed by atoms with Crippen LogP contribution in [0.15, 0.2) is 24.3 Å². The van der Waals surface area contributed by atoms with Crippen molar-refractivity contribution in [3.63, 3.8) is 0 Å². The molecule has 3 nitrogen and oxygen atoms in total. The normalized spacial score (nSPS) is 12.5. The van der Waals surface area contributed by atoms with Gasteiger partial charge in [-0.15, -0.1) is 0 Å². The summed E-state index contributed by atoms with van der Waals surface area (Å²) in [7, 11) is 0. The van der Waals surface area contributed by atoms with Crippen molar-refractivity contribution >= 4 is 81.2 Å². The number of hydrogen-bond acceptors (Lipinski definition) is 3. The Morgan fingerprint density at radius 3 is 1.48 bits per heavy atom. The topological polar surface area (TPSA) is 38.7 Å². The summed E-state index contributed by atoms with van der Waals surface area (Å²) < 4.78 is -3.76. The van der Waals surface area contributed by atoms with Crippen LogP contribution < -0.4 is 0 Å². The van der Waals surface area contributed by atoms with Crippen LogP contribution in [0.25, 0.3) is 11.4 Å². The molecule has 1 aromatic heterocycles. The van der Waals surface area contributed by atoms with Gasteiger partial charge >= 0.3 is 0 Å². The SMILES string of the molecule is Clc1ccc(-c2nc(C(Cl)(Cl)Cl)nc(C(Cl)(Cl)Cl)n2)cc1. The highest BCUT2D eigenvalue weighted by Gasteiger charge is 2.33. The first-order chi connectivity index (χ1) is 9.57. The average molecular weight is 426 g/mol. The van der Waals surface area contributed by atoms with Gasteiger partial charge < -0.3 is 0 Å². The molecule has 0 aliphatic heterocycles. The first-order valence-corrected chi connectivity index (χ1v) is 7.88. The lowest BCUT2D eigenvalue weighted by Gasteiger charge is -2.15. The summed E-state index contributed by atoms with van der Waals surface area (Å²) in [5.41, 5.74) is 0.604. The van der Waals surface area contributed by atoms with Crippen LogP contribution in [-0.2, 0) is 7.59 Å². The molecular formula is C11H4Cl7N3. The fraction of sp³-hybridized carbons (Fsp3) is 0.182. The van der Waals surface area contributed by atoms with Crippen molar-refractivity contribution in [2.45, 2.75) is 7.59 Å². The molecule has 1 heterocycles. The van der Waals surface area contributed by atoms with E-state index >= 15 is 0 Å². The van der Waals surface area contributed by atoms with E-state index in [1.807, 2.05) is 0 Å². The molecule has 0 bridgehead atoms. The second-order valence-electron chi connectivity index (χ2n) is 3.81. The van der Waals surface area contributed by atoms with E-state index in [2.05, 4.69) is 15.0 Å². The van der Waals surface area contributed by atoms with Gasteiger partial charge in [0, 0.05) is 10.6 Å². The number of halogens is 7. The van der Waals surface area contributed by atoms with E-state index in [9.17, 15) is 0 Å². The Morgan fingerprint density at radius 2 is 1.10 bits per heavy atom. The van der Waals surface area contributed by atoms with Crippen molar-refractivity contribution in [2.24, 2.45) is 0 Å². The molecule has 0 spiro atoms. The summed E-state index contributed by atoms with van der Waals surface area (Å²) in [6, 6.07) is 6.68. The molecule has 0 unspecified atom stereocenters. The number of rotatable bonds is 1. The average Bonchev–Trinajstić information content (AvgIpc) is 2.37. The summed E-state index contributed by atoms with van der Waals surface area (Å²) in [5, 5.41) is 0.552. The van der Waals surface area contributed by atoms with E-state index in [1.165, 1.54) is 0 Å². The minimum Gasteiger partial charge on any atom is -0.209 e. The van der Waals surface area contributed by atoms with Gasteiger partial charge in [-0.1, -0.05) is 81.2 Å². The minimum absolute atomic E-state index is 0.145. The third-order valence-electron chi connectivity index (χ3n) is 2.24. The predicted molar refractivity (Wildman–Crippen MR) is 88.7 cm³/mol. The Kier molecular flexibility index (Phi) is 5.37. The molecule has 0 N–H and O–H groups in total. The van der Waals surface area contributed by atoms with Gasteiger partial charge in [0.05, 0.1) is 0 Å². The molecule has 0 aliphatic carbocycles. The second kappa shape index (κ2) is 6.40. The van der Waals surface area contributed by atoms with Crippen LogP contribution in [0.4, 0.5) is 0 Å². The molecule has 21 heavy (non-hydrogen) atoms. The van der Waals surface area contributed by atoms with Gasteiger partial charge in [0.2, 0.25) is 7.59 Å². The van der Waals surface area contributed by atoms with E-state index < -0.39 is 7.59 Å². The monoisotopic (exact) mass is 423 g/mol. The number of hydrogen-bond donors (Lipinski definition) is 0. The van der Waals surface area contributed by atoms with Gasteiger partial charge in [-0.25, -0.2) is 15.0 Å². The van der Waals surface area contributed by atoms with Gasteiger partial charge in [-0.3, -0.25) is 0 Å². The van der Waals surface area contributed by atoms with E-state index in [4.69, 9.17) is 81.2 Å². The molecule has 0 fully saturated rings. The molecule has 1 aromatic carbocycles. The quantitative estimate of drug-likeness (QED) is 0.538. The van der Waals surface area contributed by atoms with Crippen molar-refractivity contribution < 1.29 is 0 Å². The maximum atomic E-state index is 5.83. The molecule has 112 valence electrons. The van der Waals surface area contributed by atoms with E-state index in [0.717, 1.165) is 0 Å². The highest BCUT2D eigenvalue weighted by atomic mass is 35.6. The van der Waals surface area contributed by atoms with Gasteiger partial charge in [0.1, 0.15) is 0 Å². The van der Waals surface area contributed by atoms with Crippen LogP contribution in [0.3, 0.4) is 0 Å². The lowest BCUT2D eigenvalue weighted by molar-refractivity contribution is 0.851. The lowest BCUT2D eigenvalue weighted by atomic mass is 10.2. The van der Waals surface area contributed by atoms with Crippen molar-refractivity contribution in [1.82, 2.24) is 15.0 Å². The van der Waals surface area contributed by atoms with Crippen molar-refractivity contribution in [3.05, 3.63) is 40.9 Å². The zero-order valence-corrected chi connectivity index (χ0v) is 15.1. The van der Waals surface area contributed by atoms with Crippen LogP contribution in [0.1, 0.15) is 11.6 Å². The Balaban J connectivity index is 2.63. The fourth-order valence-corrected chi connectivity index (χ4v) is 1.99. The number of aromatic nitrogens is 3. The summed E-state index contributed by atoms with van der Waals surface area (Å²) in [6.07, 6.45) is 0. The first-order valence-electron chi connectivity index (χ1n) is 5.24. The lowest BCUT2D eigenvalue weighted by Crippen LogP contribution is -2.16. The van der Waals surface area contributed by atoms with Gasteiger partial charge in [0.15, 0.2) is 17.5 Å². The summed E-state index contributed by atoms with van der Waals surface area (Å²) in [5.74, 6) is -0.0909. The number of benzene rings is 1. The maximum absolute atomic E-state index is 5.83. The molecule has 2 aromatic rings. The van der Waals surface area contributed by atoms with Gasteiger partial charge in [-0.05, 0) is 24.3 Å². The van der Waals surface area contributed by atoms with Crippen LogP contribution in [0, 0.1) is 0 Å². The molecular weight excluding hydrogens is 422 g/mol. The molecule has 0 saturated carbocycles. The standard InChI is InChI=1S/C11H4Cl7N3/c12-6-3-1-5(2-4-6)7-19-8(10(13,14)15)21-9(20-7)11(16,17)18/h1-4H. The Labute approximate surface area is 155 Å². The fourth-order valence-electron chi connectivity index (χ4n) is 1.36. The molecule has 0 amide bonds. The second-order valence-corrected chi connectivity index (χ2v) is 8.81. The smallest absolute Gasteiger partial charge is 0.209 e. The highest BCUT2D eigenvalue weighted by Crippen LogP contribution is 2.40. The Morgan fingerprint density at radius 1 is 0.667 bits per heavy atom. The van der Waals surface area contributed by atoms with Gasteiger partial charge in [0.25, 0.3) is 0 Å². The van der Waals surface area contributed by atoms with Crippen LogP contribution in [-0.4, -0.2) is 15.0 Å². The van der Waals surface area contributed by atoms with Crippen LogP contribution >= 0.6 is 81.2 Å². The summed E-state index contributed by atoms with van der Waals surface area (Å²) in [4.78, 5) is 12.0. The van der Waals surface area contributed by atoms with Crippen molar-refractivity contribution in [3.8, 4) is 11.4 Å². The first kappa shape index (κ1) is 17.6. The van der Waals surface area contributed by atoms with E-state index in [1.54, 1.807) is 24.3 Å². The van der Waals surface area contributed by atoms with Gasteiger partial charge in [-0.2, -0.15) is 0 Å². The molecule has 10 heteroatoms. The molecule has 0 atom stereocenters. The third-order valence-corrected chi connectivity index (χ3v) is 3.51. The van der Waals surface area contributed by atoms with Crippen LogP contribution in [0.5, 0.6) is 0 Å². The summed E-state index contributed by atoms with van der Waals surface area (Å²) in [6.45, 7) is 0. The van der Waals surface area contributed by atoms with Crippen molar-refractivity contribution in [2.75, 3.05) is 0 Å². The predicted octanol–water partition coefficient (Wildman–Crippen LogP) is 5.85. The molecule has 0 radical (unpaired) electrons. The molecule has 2 rings (SSSR count). The molecule has 0 saturated heterocycles. The third kappa shape index (κ3) is 4.61. The minimum atomic E-state index is -1.88. The van der Waals surface area contributed by atoms with E-state index in [0.29, 0.717) is 10.6 Å². The maximum Gasteiger partial charge on any atom is 0.250 e. The Hall–Kier alpha value is 0.260.